The van der Waals surface area contributed by atoms with Crippen LogP contribution in [-0.2, 0) is 28.5 Å². The van der Waals surface area contributed by atoms with Crippen molar-refractivity contribution in [2.45, 2.75) is 89.6 Å². The van der Waals surface area contributed by atoms with E-state index in [4.69, 9.17) is 23.7 Å². The average Bonchev–Trinajstić information content (AvgIpc) is 2.75. The monoisotopic (exact) mass is 507 g/mol. The van der Waals surface area contributed by atoms with E-state index in [0.29, 0.717) is 6.61 Å². The Morgan fingerprint density at radius 2 is 1.80 bits per heavy atom. The SMILES string of the molecule is CCCNC1[C@H](O)[C@](C)(COC[C@@]2(C)OC(C(=O)O)=C[C@@H](O)C2OC)C(COCC)OC1(C)C.O. The number of ether oxygens (including phenoxy) is 5. The largest absolute Gasteiger partial charge is 0.475 e. The smallest absolute Gasteiger partial charge is 0.370 e. The van der Waals surface area contributed by atoms with E-state index in [1.54, 1.807) is 6.92 Å². The Balaban J connectivity index is 0.00000612. The lowest BCUT2D eigenvalue weighted by atomic mass is 9.70. The summed E-state index contributed by atoms with van der Waals surface area (Å²) in [6, 6.07) is -0.337. The zero-order chi connectivity index (χ0) is 25.7. The van der Waals surface area contributed by atoms with E-state index in [-0.39, 0.29) is 37.1 Å². The van der Waals surface area contributed by atoms with Crippen molar-refractivity contribution in [2.75, 3.05) is 40.1 Å². The number of rotatable bonds is 12. The van der Waals surface area contributed by atoms with E-state index in [0.717, 1.165) is 19.0 Å². The molecule has 0 aromatic carbocycles. The van der Waals surface area contributed by atoms with E-state index < -0.39 is 47.0 Å². The minimum atomic E-state index is -1.29. The molecule has 206 valence electrons. The Morgan fingerprint density at radius 1 is 1.14 bits per heavy atom. The van der Waals surface area contributed by atoms with Crippen molar-refractivity contribution >= 4 is 5.97 Å². The van der Waals surface area contributed by atoms with E-state index in [2.05, 4.69) is 12.2 Å². The van der Waals surface area contributed by atoms with Crippen molar-refractivity contribution in [1.82, 2.24) is 5.32 Å². The van der Waals surface area contributed by atoms with Crippen molar-refractivity contribution in [3.8, 4) is 0 Å². The average molecular weight is 508 g/mol. The van der Waals surface area contributed by atoms with Crippen molar-refractivity contribution in [2.24, 2.45) is 5.41 Å². The number of hydrogen-bond donors (Lipinski definition) is 4. The highest BCUT2D eigenvalue weighted by Crippen LogP contribution is 2.42. The number of hydrogen-bond acceptors (Lipinski definition) is 9. The van der Waals surface area contributed by atoms with Crippen LogP contribution in [0.3, 0.4) is 0 Å². The first kappa shape index (κ1) is 31.7. The van der Waals surface area contributed by atoms with Crippen molar-refractivity contribution in [1.29, 1.82) is 0 Å². The van der Waals surface area contributed by atoms with E-state index in [1.165, 1.54) is 7.11 Å². The number of aliphatic carboxylic acids is 1. The van der Waals surface area contributed by atoms with Crippen LogP contribution in [0.5, 0.6) is 0 Å². The summed E-state index contributed by atoms with van der Waals surface area (Å²) in [6.07, 6.45) is -1.25. The highest BCUT2D eigenvalue weighted by Gasteiger charge is 2.56. The molecule has 2 rings (SSSR count). The second-order valence-corrected chi connectivity index (χ2v) is 10.1. The van der Waals surface area contributed by atoms with Gasteiger partial charge in [-0.2, -0.15) is 0 Å². The lowest BCUT2D eigenvalue weighted by molar-refractivity contribution is -0.261. The summed E-state index contributed by atoms with van der Waals surface area (Å²) in [7, 11) is 1.42. The van der Waals surface area contributed by atoms with E-state index in [9.17, 15) is 20.1 Å². The maximum Gasteiger partial charge on any atom is 0.370 e. The van der Waals surface area contributed by atoms with Crippen molar-refractivity contribution in [3.05, 3.63) is 11.8 Å². The molecule has 0 spiro atoms. The second kappa shape index (κ2) is 12.8. The van der Waals surface area contributed by atoms with Crippen LogP contribution in [-0.4, -0.2) is 109 Å². The van der Waals surface area contributed by atoms with Gasteiger partial charge in [0.25, 0.3) is 0 Å². The zero-order valence-corrected chi connectivity index (χ0v) is 22.0. The molecule has 7 atom stereocenters. The summed E-state index contributed by atoms with van der Waals surface area (Å²) in [5.41, 5.74) is -2.74. The molecule has 6 N–H and O–H groups in total. The number of carbonyl (C=O) groups is 1. The second-order valence-electron chi connectivity index (χ2n) is 10.1. The van der Waals surface area contributed by atoms with Crippen LogP contribution >= 0.6 is 0 Å². The van der Waals surface area contributed by atoms with Gasteiger partial charge < -0.3 is 49.8 Å². The minimum absolute atomic E-state index is 0. The fourth-order valence-corrected chi connectivity index (χ4v) is 4.85. The molecule has 1 saturated heterocycles. The number of carboxylic acids is 1. The molecule has 11 nitrogen and oxygen atoms in total. The number of aliphatic hydroxyl groups excluding tert-OH is 2. The third-order valence-corrected chi connectivity index (χ3v) is 6.85. The Labute approximate surface area is 208 Å². The molecule has 0 aromatic rings. The maximum absolute atomic E-state index is 11.5. The number of methoxy groups -OCH3 is 1. The fraction of sp³-hybridized carbons (Fsp3) is 0.875. The highest BCUT2D eigenvalue weighted by atomic mass is 16.6. The summed E-state index contributed by atoms with van der Waals surface area (Å²) in [5.74, 6) is -1.65. The highest BCUT2D eigenvalue weighted by molar-refractivity contribution is 5.84. The normalized spacial score (nSPS) is 36.6. The first-order valence-electron chi connectivity index (χ1n) is 12.0. The fourth-order valence-electron chi connectivity index (χ4n) is 4.85. The molecule has 0 bridgehead atoms. The third-order valence-electron chi connectivity index (χ3n) is 6.85. The van der Waals surface area contributed by atoms with Gasteiger partial charge in [0, 0.05) is 19.1 Å². The molecule has 0 amide bonds. The molecule has 0 aliphatic carbocycles. The number of carboxylic acid groups (broad SMARTS) is 1. The molecule has 0 aromatic heterocycles. The Kier molecular flexibility index (Phi) is 11.6. The summed E-state index contributed by atoms with van der Waals surface area (Å²) in [5, 5.41) is 34.7. The molecular weight excluding hydrogens is 462 g/mol. The molecular formula is C24H45NO10. The summed E-state index contributed by atoms with van der Waals surface area (Å²) in [4.78, 5) is 11.5. The Morgan fingerprint density at radius 3 is 2.34 bits per heavy atom. The topological polar surface area (TPSA) is 167 Å². The van der Waals surface area contributed by atoms with Crippen molar-refractivity contribution < 1.29 is 49.3 Å². The molecule has 0 radical (unpaired) electrons. The van der Waals surface area contributed by atoms with Crippen LogP contribution in [0.25, 0.3) is 0 Å². The first-order chi connectivity index (χ1) is 15.9. The van der Waals surface area contributed by atoms with Crippen molar-refractivity contribution in [3.63, 3.8) is 0 Å². The van der Waals surface area contributed by atoms with Gasteiger partial charge in [-0.05, 0) is 46.7 Å². The van der Waals surface area contributed by atoms with Gasteiger partial charge in [0.2, 0.25) is 5.76 Å². The minimum Gasteiger partial charge on any atom is -0.475 e. The van der Waals surface area contributed by atoms with Crippen LogP contribution in [0, 0.1) is 5.41 Å². The van der Waals surface area contributed by atoms with E-state index in [1.807, 2.05) is 27.7 Å². The van der Waals surface area contributed by atoms with Gasteiger partial charge in [0.1, 0.15) is 12.2 Å². The molecule has 2 heterocycles. The summed E-state index contributed by atoms with van der Waals surface area (Å²) < 4.78 is 29.3. The Bertz CT molecular complexity index is 716. The van der Waals surface area contributed by atoms with Crippen LogP contribution in [0.1, 0.15) is 48.0 Å². The van der Waals surface area contributed by atoms with Gasteiger partial charge in [-0.3, -0.25) is 0 Å². The van der Waals surface area contributed by atoms with Gasteiger partial charge >= 0.3 is 5.97 Å². The van der Waals surface area contributed by atoms with Crippen LogP contribution < -0.4 is 5.32 Å². The molecule has 11 heteroatoms. The maximum atomic E-state index is 11.5. The number of aliphatic hydroxyl groups is 2. The summed E-state index contributed by atoms with van der Waals surface area (Å²) >= 11 is 0. The van der Waals surface area contributed by atoms with Gasteiger partial charge in [-0.15, -0.1) is 0 Å². The van der Waals surface area contributed by atoms with Crippen LogP contribution in [0.15, 0.2) is 11.8 Å². The predicted octanol–water partition coefficient (Wildman–Crippen LogP) is 0.261. The van der Waals surface area contributed by atoms with Gasteiger partial charge in [0.15, 0.2) is 5.60 Å². The van der Waals surface area contributed by atoms with Gasteiger partial charge in [0.05, 0.1) is 43.7 Å². The quantitative estimate of drug-likeness (QED) is 0.288. The Hall–Kier alpha value is -1.31. The standard InChI is InChI=1S/C24H43NO9.H2O/c1-8-10-25-18-19(27)23(5,17(12-31-9-2)34-22(18,3)4)13-32-14-24(6)20(30-7)15(26)11-16(33-24)21(28)29;/h11,15,17-20,25-27H,8-10,12-14H2,1-7H3,(H,28,29);1H2/t15-,17?,18?,19+,20?,23-,24-;/m1./s1. The molecule has 3 unspecified atom stereocenters. The molecule has 2 aliphatic rings. The molecule has 0 saturated carbocycles. The van der Waals surface area contributed by atoms with E-state index >= 15 is 0 Å². The van der Waals surface area contributed by atoms with Crippen LogP contribution in [0.2, 0.25) is 0 Å². The molecule has 1 fully saturated rings. The zero-order valence-electron chi connectivity index (χ0n) is 22.0. The first-order valence-corrected chi connectivity index (χ1v) is 12.0. The predicted molar refractivity (Wildman–Crippen MR) is 128 cm³/mol. The number of nitrogens with one attached hydrogen (secondary N) is 1. The third kappa shape index (κ3) is 6.92. The van der Waals surface area contributed by atoms with Gasteiger partial charge in [-0.1, -0.05) is 13.8 Å². The van der Waals surface area contributed by atoms with Crippen LogP contribution in [0.4, 0.5) is 0 Å². The molecule has 2 aliphatic heterocycles. The summed E-state index contributed by atoms with van der Waals surface area (Å²) in [6.45, 7) is 12.9. The van der Waals surface area contributed by atoms with Gasteiger partial charge in [-0.25, -0.2) is 4.79 Å². The lowest BCUT2D eigenvalue weighted by Gasteiger charge is -2.55. The molecule has 35 heavy (non-hydrogen) atoms. The lowest BCUT2D eigenvalue weighted by Crippen LogP contribution is -2.70.